The summed E-state index contributed by atoms with van der Waals surface area (Å²) in [6.45, 7) is 0. The summed E-state index contributed by atoms with van der Waals surface area (Å²) in [6, 6.07) is 19.8. The molecule has 1 N–H and O–H groups in total. The van der Waals surface area contributed by atoms with E-state index in [-0.39, 0.29) is 0 Å². The van der Waals surface area contributed by atoms with Gasteiger partial charge in [0.1, 0.15) is 5.82 Å². The van der Waals surface area contributed by atoms with Gasteiger partial charge >= 0.3 is 0 Å². The topological polar surface area (TPSA) is 28.7 Å². The molecule has 2 nitrogen and oxygen atoms in total. The number of hydrogen-bond donors (Lipinski definition) is 1. The van der Waals surface area contributed by atoms with E-state index >= 15 is 0 Å². The van der Waals surface area contributed by atoms with Gasteiger partial charge in [-0.25, -0.2) is 4.98 Å². The molecule has 0 atom stereocenters. The molecule has 2 heterocycles. The van der Waals surface area contributed by atoms with E-state index in [4.69, 9.17) is 28.2 Å². The van der Waals surface area contributed by atoms with Gasteiger partial charge in [-0.05, 0) is 23.6 Å². The van der Waals surface area contributed by atoms with Crippen molar-refractivity contribution in [3.63, 3.8) is 0 Å². The van der Waals surface area contributed by atoms with Crippen LogP contribution in [0.3, 0.4) is 0 Å². The van der Waals surface area contributed by atoms with E-state index in [1.807, 2.05) is 54.6 Å². The van der Waals surface area contributed by atoms with E-state index in [1.54, 1.807) is 11.3 Å². The van der Waals surface area contributed by atoms with Gasteiger partial charge in [-0.3, -0.25) is 0 Å². The molecule has 2 aromatic carbocycles. The Morgan fingerprint density at radius 3 is 2.32 bits per heavy atom. The van der Waals surface area contributed by atoms with Gasteiger partial charge < -0.3 is 4.98 Å². The molecule has 0 aliphatic heterocycles. The molecule has 4 rings (SSSR count). The van der Waals surface area contributed by atoms with Crippen LogP contribution in [0.25, 0.3) is 22.5 Å². The number of rotatable bonds is 4. The third-order valence-electron chi connectivity index (χ3n) is 3.93. The van der Waals surface area contributed by atoms with Crippen molar-refractivity contribution in [3.05, 3.63) is 86.8 Å². The molecular weight excluding hydrogens is 371 g/mol. The molecule has 5 heteroatoms. The molecular formula is C20H14Cl2N2S. The van der Waals surface area contributed by atoms with E-state index in [1.165, 1.54) is 4.88 Å². The van der Waals surface area contributed by atoms with Crippen LogP contribution >= 0.6 is 34.5 Å². The number of aromatic amines is 1. The third kappa shape index (κ3) is 3.36. The normalized spacial score (nSPS) is 11.0. The standard InChI is InChI=1S/C20H14Cl2N2S/c21-15-9-4-10-16(22)18(15)20-19(13-6-2-1-3-7-13)23-17(24-20)12-14-8-5-11-25-14/h1-11H,12H2,(H,23,24). The van der Waals surface area contributed by atoms with Gasteiger partial charge in [0, 0.05) is 22.4 Å². The maximum absolute atomic E-state index is 6.45. The monoisotopic (exact) mass is 384 g/mol. The van der Waals surface area contributed by atoms with E-state index in [0.717, 1.165) is 34.8 Å². The van der Waals surface area contributed by atoms with E-state index in [0.29, 0.717) is 10.0 Å². The van der Waals surface area contributed by atoms with Crippen LogP contribution < -0.4 is 0 Å². The number of imidazole rings is 1. The molecule has 0 saturated heterocycles. The molecule has 0 amide bonds. The molecule has 0 fully saturated rings. The molecule has 124 valence electrons. The summed E-state index contributed by atoms with van der Waals surface area (Å²) < 4.78 is 0. The second-order valence-electron chi connectivity index (χ2n) is 5.63. The lowest BCUT2D eigenvalue weighted by molar-refractivity contribution is 1.05. The van der Waals surface area contributed by atoms with Gasteiger partial charge in [0.05, 0.1) is 21.4 Å². The Labute approximate surface area is 160 Å². The van der Waals surface area contributed by atoms with Crippen LogP contribution in [0.15, 0.2) is 66.0 Å². The Bertz CT molecular complexity index is 972. The minimum Gasteiger partial charge on any atom is -0.341 e. The van der Waals surface area contributed by atoms with Crippen LogP contribution in [0.1, 0.15) is 10.7 Å². The fourth-order valence-corrected chi connectivity index (χ4v) is 4.10. The zero-order chi connectivity index (χ0) is 17.2. The Kier molecular flexibility index (Phi) is 4.62. The predicted molar refractivity (Wildman–Crippen MR) is 107 cm³/mol. The molecule has 0 spiro atoms. The lowest BCUT2D eigenvalue weighted by Crippen LogP contribution is -1.88. The summed E-state index contributed by atoms with van der Waals surface area (Å²) in [5.74, 6) is 0.896. The lowest BCUT2D eigenvalue weighted by Gasteiger charge is -2.07. The SMILES string of the molecule is Clc1cccc(Cl)c1-c1[nH]c(Cc2cccs2)nc1-c1ccccc1. The van der Waals surface area contributed by atoms with Crippen molar-refractivity contribution >= 4 is 34.5 Å². The molecule has 0 unspecified atom stereocenters. The first kappa shape index (κ1) is 16.4. The number of thiophene rings is 1. The van der Waals surface area contributed by atoms with Crippen LogP contribution in [-0.4, -0.2) is 9.97 Å². The average molecular weight is 385 g/mol. The molecule has 2 aromatic heterocycles. The van der Waals surface area contributed by atoms with Gasteiger partial charge in [-0.2, -0.15) is 0 Å². The molecule has 0 aliphatic rings. The lowest BCUT2D eigenvalue weighted by atomic mass is 10.1. The first-order valence-corrected chi connectivity index (χ1v) is 9.47. The fraction of sp³-hybridized carbons (Fsp3) is 0.0500. The summed E-state index contributed by atoms with van der Waals surface area (Å²) in [5, 5.41) is 3.29. The number of aromatic nitrogens is 2. The number of H-pyrrole nitrogens is 1. The Balaban J connectivity index is 1.88. The Hall–Kier alpha value is -2.07. The zero-order valence-corrected chi connectivity index (χ0v) is 15.5. The fourth-order valence-electron chi connectivity index (χ4n) is 2.81. The van der Waals surface area contributed by atoms with Crippen molar-refractivity contribution in [3.8, 4) is 22.5 Å². The first-order chi connectivity index (χ1) is 12.2. The maximum atomic E-state index is 6.45. The maximum Gasteiger partial charge on any atom is 0.112 e. The average Bonchev–Trinajstić information content (AvgIpc) is 3.26. The van der Waals surface area contributed by atoms with Gasteiger partial charge in [0.2, 0.25) is 0 Å². The van der Waals surface area contributed by atoms with Crippen molar-refractivity contribution in [1.29, 1.82) is 0 Å². The smallest absolute Gasteiger partial charge is 0.112 e. The van der Waals surface area contributed by atoms with Crippen LogP contribution in [0, 0.1) is 0 Å². The van der Waals surface area contributed by atoms with E-state index < -0.39 is 0 Å². The number of halogens is 2. The molecule has 0 aliphatic carbocycles. The molecule has 25 heavy (non-hydrogen) atoms. The highest BCUT2D eigenvalue weighted by molar-refractivity contribution is 7.09. The van der Waals surface area contributed by atoms with Crippen molar-refractivity contribution in [2.24, 2.45) is 0 Å². The predicted octanol–water partition coefficient (Wildman–Crippen LogP) is 6.70. The highest BCUT2D eigenvalue weighted by atomic mass is 35.5. The second-order valence-corrected chi connectivity index (χ2v) is 7.47. The van der Waals surface area contributed by atoms with Crippen molar-refractivity contribution < 1.29 is 0 Å². The van der Waals surface area contributed by atoms with Gasteiger partial charge in [-0.1, -0.05) is 65.7 Å². The minimum atomic E-state index is 0.607. The van der Waals surface area contributed by atoms with Gasteiger partial charge in [-0.15, -0.1) is 11.3 Å². The molecule has 0 saturated carbocycles. The summed E-state index contributed by atoms with van der Waals surface area (Å²) in [6.07, 6.45) is 0.750. The number of hydrogen-bond acceptors (Lipinski definition) is 2. The van der Waals surface area contributed by atoms with Crippen LogP contribution in [0.5, 0.6) is 0 Å². The van der Waals surface area contributed by atoms with Gasteiger partial charge in [0.15, 0.2) is 0 Å². The third-order valence-corrected chi connectivity index (χ3v) is 5.44. The van der Waals surface area contributed by atoms with E-state index in [2.05, 4.69) is 16.4 Å². The number of nitrogens with zero attached hydrogens (tertiary/aromatic N) is 1. The first-order valence-electron chi connectivity index (χ1n) is 7.83. The zero-order valence-electron chi connectivity index (χ0n) is 13.2. The quantitative estimate of drug-likeness (QED) is 0.416. The number of benzene rings is 2. The van der Waals surface area contributed by atoms with Crippen molar-refractivity contribution in [1.82, 2.24) is 9.97 Å². The summed E-state index contributed by atoms with van der Waals surface area (Å²) in [7, 11) is 0. The summed E-state index contributed by atoms with van der Waals surface area (Å²) in [5.41, 5.74) is 3.53. The largest absolute Gasteiger partial charge is 0.341 e. The highest BCUT2D eigenvalue weighted by Crippen LogP contribution is 2.39. The molecule has 4 aromatic rings. The minimum absolute atomic E-state index is 0.607. The van der Waals surface area contributed by atoms with Crippen LogP contribution in [0.2, 0.25) is 10.0 Å². The van der Waals surface area contributed by atoms with Crippen molar-refractivity contribution in [2.45, 2.75) is 6.42 Å². The van der Waals surface area contributed by atoms with E-state index in [9.17, 15) is 0 Å². The molecule has 0 radical (unpaired) electrons. The van der Waals surface area contributed by atoms with Crippen molar-refractivity contribution in [2.75, 3.05) is 0 Å². The Morgan fingerprint density at radius 1 is 0.880 bits per heavy atom. The van der Waals surface area contributed by atoms with Gasteiger partial charge in [0.25, 0.3) is 0 Å². The van der Waals surface area contributed by atoms with Crippen LogP contribution in [0.4, 0.5) is 0 Å². The number of nitrogens with one attached hydrogen (secondary N) is 1. The highest BCUT2D eigenvalue weighted by Gasteiger charge is 2.19. The summed E-state index contributed by atoms with van der Waals surface area (Å²) >= 11 is 14.6. The van der Waals surface area contributed by atoms with Crippen LogP contribution in [-0.2, 0) is 6.42 Å². The second kappa shape index (κ2) is 7.04. The Morgan fingerprint density at radius 2 is 1.64 bits per heavy atom. The molecule has 0 bridgehead atoms. The summed E-state index contributed by atoms with van der Waals surface area (Å²) in [4.78, 5) is 9.55.